The molecule has 0 aliphatic rings. The number of carbonyl (C=O) groups is 1. The van der Waals surface area contributed by atoms with Gasteiger partial charge >= 0.3 is 5.97 Å². The summed E-state index contributed by atoms with van der Waals surface area (Å²) in [6.07, 6.45) is 3.51. The lowest BCUT2D eigenvalue weighted by atomic mass is 9.77. The highest BCUT2D eigenvalue weighted by Crippen LogP contribution is 2.42. The van der Waals surface area contributed by atoms with E-state index in [1.807, 2.05) is 60.4 Å². The molecule has 0 bridgehead atoms. The molecule has 3 rings (SSSR count). The first kappa shape index (κ1) is 27.3. The van der Waals surface area contributed by atoms with E-state index in [2.05, 4.69) is 51.5 Å². The van der Waals surface area contributed by atoms with E-state index in [4.69, 9.17) is 4.74 Å². The molecule has 2 heterocycles. The van der Waals surface area contributed by atoms with Crippen LogP contribution in [0.2, 0.25) is 0 Å². The van der Waals surface area contributed by atoms with Crippen molar-refractivity contribution in [3.8, 4) is 5.75 Å². The number of ether oxygens (including phenoxy) is 1. The van der Waals surface area contributed by atoms with E-state index in [0.717, 1.165) is 28.1 Å². The van der Waals surface area contributed by atoms with Gasteiger partial charge < -0.3 is 9.84 Å². The van der Waals surface area contributed by atoms with Gasteiger partial charge in [0.1, 0.15) is 11.8 Å². The maximum Gasteiger partial charge on any atom is 0.328 e. The molecule has 2 aromatic heterocycles. The van der Waals surface area contributed by atoms with Crippen molar-refractivity contribution in [2.75, 3.05) is 6.61 Å². The summed E-state index contributed by atoms with van der Waals surface area (Å²) in [7, 11) is 0. The number of esters is 1. The maximum atomic E-state index is 13.6. The number of phenols is 1. The molecule has 0 spiro atoms. The highest BCUT2D eigenvalue weighted by molar-refractivity contribution is 5.78. The Balaban J connectivity index is 2.23. The molecular formula is C30H39N3O3. The van der Waals surface area contributed by atoms with Crippen LogP contribution in [0, 0.1) is 0 Å². The third-order valence-electron chi connectivity index (χ3n) is 6.12. The number of rotatable bonds is 8. The molecular weight excluding hydrogens is 450 g/mol. The fourth-order valence-electron chi connectivity index (χ4n) is 4.31. The van der Waals surface area contributed by atoms with E-state index >= 15 is 0 Å². The molecule has 0 saturated carbocycles. The molecule has 1 unspecified atom stereocenters. The second-order valence-electron chi connectivity index (χ2n) is 11.2. The minimum Gasteiger partial charge on any atom is -0.507 e. The lowest BCUT2D eigenvalue weighted by Gasteiger charge is -2.33. The van der Waals surface area contributed by atoms with Gasteiger partial charge in [0, 0.05) is 25.5 Å². The van der Waals surface area contributed by atoms with Crippen LogP contribution in [0.25, 0.3) is 0 Å². The zero-order valence-corrected chi connectivity index (χ0v) is 22.6. The first-order valence-electron chi connectivity index (χ1n) is 12.5. The number of nitrogens with zero attached hydrogens (tertiary/aromatic N) is 3. The van der Waals surface area contributed by atoms with Crippen molar-refractivity contribution >= 4 is 5.97 Å². The average molecular weight is 490 g/mol. The predicted molar refractivity (Wildman–Crippen MR) is 143 cm³/mol. The van der Waals surface area contributed by atoms with Gasteiger partial charge in [-0.15, -0.1) is 0 Å². The topological polar surface area (TPSA) is 75.6 Å². The van der Waals surface area contributed by atoms with Crippen molar-refractivity contribution in [2.24, 2.45) is 0 Å². The Labute approximate surface area is 215 Å². The summed E-state index contributed by atoms with van der Waals surface area (Å²) < 4.78 is 5.61. The van der Waals surface area contributed by atoms with Gasteiger partial charge in [0.15, 0.2) is 0 Å². The van der Waals surface area contributed by atoms with Crippen LogP contribution in [0.5, 0.6) is 5.75 Å². The predicted octanol–water partition coefficient (Wildman–Crippen LogP) is 6.08. The lowest BCUT2D eigenvalue weighted by molar-refractivity contribution is -0.150. The minimum atomic E-state index is -0.711. The van der Waals surface area contributed by atoms with Crippen molar-refractivity contribution in [3.63, 3.8) is 0 Å². The fourth-order valence-corrected chi connectivity index (χ4v) is 4.31. The van der Waals surface area contributed by atoms with Gasteiger partial charge in [0.05, 0.1) is 18.0 Å². The Kier molecular flexibility index (Phi) is 8.51. The van der Waals surface area contributed by atoms with Crippen LogP contribution in [0.1, 0.15) is 82.6 Å². The summed E-state index contributed by atoms with van der Waals surface area (Å²) in [6, 6.07) is 14.7. The van der Waals surface area contributed by atoms with Gasteiger partial charge in [0.25, 0.3) is 0 Å². The Morgan fingerprint density at radius 2 is 1.36 bits per heavy atom. The Hall–Kier alpha value is -3.25. The molecule has 0 aliphatic carbocycles. The van der Waals surface area contributed by atoms with Gasteiger partial charge in [-0.1, -0.05) is 53.7 Å². The summed E-state index contributed by atoms with van der Waals surface area (Å²) in [4.78, 5) is 24.7. The van der Waals surface area contributed by atoms with Crippen LogP contribution in [0.3, 0.4) is 0 Å². The number of phenolic OH excluding ortho intramolecular Hbond substituents is 1. The number of hydrogen-bond donors (Lipinski definition) is 1. The van der Waals surface area contributed by atoms with E-state index in [1.165, 1.54) is 0 Å². The molecule has 1 aromatic carbocycles. The van der Waals surface area contributed by atoms with Gasteiger partial charge in [-0.2, -0.15) is 0 Å². The number of pyridine rings is 2. The summed E-state index contributed by atoms with van der Waals surface area (Å²) in [5, 5.41) is 11.3. The molecule has 1 N–H and O–H groups in total. The van der Waals surface area contributed by atoms with Gasteiger partial charge in [-0.05, 0) is 70.8 Å². The highest BCUT2D eigenvalue weighted by Gasteiger charge is 2.34. The number of benzene rings is 1. The van der Waals surface area contributed by atoms with Crippen LogP contribution in [0.4, 0.5) is 0 Å². The number of hydrogen-bond acceptors (Lipinski definition) is 6. The summed E-state index contributed by atoms with van der Waals surface area (Å²) in [5.41, 5.74) is 3.41. The smallest absolute Gasteiger partial charge is 0.328 e. The quantitative estimate of drug-likeness (QED) is 0.386. The van der Waals surface area contributed by atoms with E-state index in [0.29, 0.717) is 13.1 Å². The molecule has 36 heavy (non-hydrogen) atoms. The van der Waals surface area contributed by atoms with Crippen molar-refractivity contribution in [3.05, 3.63) is 89.0 Å². The highest BCUT2D eigenvalue weighted by atomic mass is 16.5. The third kappa shape index (κ3) is 6.70. The van der Waals surface area contributed by atoms with Crippen LogP contribution in [-0.2, 0) is 33.5 Å². The third-order valence-corrected chi connectivity index (χ3v) is 6.12. The monoisotopic (exact) mass is 489 g/mol. The van der Waals surface area contributed by atoms with Gasteiger partial charge in [-0.3, -0.25) is 14.9 Å². The van der Waals surface area contributed by atoms with Gasteiger partial charge in [0.2, 0.25) is 0 Å². The van der Waals surface area contributed by atoms with E-state index in [-0.39, 0.29) is 29.2 Å². The largest absolute Gasteiger partial charge is 0.507 e. The standard InChI is InChI=1S/C30H39N3O3/c1-8-36-28(35)26(21-17-24(29(2,3)4)27(34)25(18-21)30(5,6)7)33(19-22-13-9-11-15-31-22)20-23-14-10-12-16-32-23/h9-18,26,34H,8,19-20H2,1-7H3. The molecule has 0 aliphatic heterocycles. The zero-order valence-electron chi connectivity index (χ0n) is 22.6. The van der Waals surface area contributed by atoms with Crippen molar-refractivity contribution in [2.45, 2.75) is 78.4 Å². The van der Waals surface area contributed by atoms with Gasteiger partial charge in [-0.25, -0.2) is 4.79 Å². The molecule has 3 aromatic rings. The average Bonchev–Trinajstić information content (AvgIpc) is 2.80. The van der Waals surface area contributed by atoms with Crippen LogP contribution >= 0.6 is 0 Å². The summed E-state index contributed by atoms with van der Waals surface area (Å²) in [5.74, 6) is -0.0582. The first-order chi connectivity index (χ1) is 16.9. The minimum absolute atomic E-state index is 0.271. The molecule has 0 amide bonds. The SMILES string of the molecule is CCOC(=O)C(c1cc(C(C)(C)C)c(O)c(C(C)(C)C)c1)N(Cc1ccccn1)Cc1ccccn1. The van der Waals surface area contributed by atoms with Crippen LogP contribution in [-0.4, -0.2) is 32.6 Å². The second-order valence-corrected chi connectivity index (χ2v) is 11.2. The normalized spacial score (nSPS) is 13.0. The number of aromatic nitrogens is 2. The molecule has 1 atom stereocenters. The number of aromatic hydroxyl groups is 1. The molecule has 0 radical (unpaired) electrons. The molecule has 0 saturated heterocycles. The molecule has 6 nitrogen and oxygen atoms in total. The van der Waals surface area contributed by atoms with Crippen LogP contribution in [0.15, 0.2) is 60.9 Å². The fraction of sp³-hybridized carbons (Fsp3) is 0.433. The number of carbonyl (C=O) groups excluding carboxylic acids is 1. The zero-order chi connectivity index (χ0) is 26.5. The Morgan fingerprint density at radius 3 is 1.72 bits per heavy atom. The van der Waals surface area contributed by atoms with Crippen LogP contribution < -0.4 is 0 Å². The molecule has 192 valence electrons. The molecule has 6 heteroatoms. The lowest BCUT2D eigenvalue weighted by Crippen LogP contribution is -2.35. The molecule has 0 fully saturated rings. The van der Waals surface area contributed by atoms with Crippen molar-refractivity contribution in [1.29, 1.82) is 0 Å². The second kappa shape index (κ2) is 11.2. The Bertz CT molecular complexity index is 1070. The summed E-state index contributed by atoms with van der Waals surface area (Å²) in [6.45, 7) is 15.3. The van der Waals surface area contributed by atoms with Crippen molar-refractivity contribution < 1.29 is 14.6 Å². The van der Waals surface area contributed by atoms with Crippen molar-refractivity contribution in [1.82, 2.24) is 14.9 Å². The van der Waals surface area contributed by atoms with E-state index in [9.17, 15) is 9.90 Å². The first-order valence-corrected chi connectivity index (χ1v) is 12.5. The summed E-state index contributed by atoms with van der Waals surface area (Å²) >= 11 is 0. The van der Waals surface area contributed by atoms with E-state index in [1.54, 1.807) is 12.4 Å². The Morgan fingerprint density at radius 1 is 0.889 bits per heavy atom. The van der Waals surface area contributed by atoms with E-state index < -0.39 is 6.04 Å². The maximum absolute atomic E-state index is 13.6.